The average molecular weight is 234 g/mol. The summed E-state index contributed by atoms with van der Waals surface area (Å²) in [5, 5.41) is 8.95. The highest BCUT2D eigenvalue weighted by molar-refractivity contribution is 5.89. The van der Waals surface area contributed by atoms with E-state index >= 15 is 0 Å². The summed E-state index contributed by atoms with van der Waals surface area (Å²) in [5.41, 5.74) is 0.841. The molecular weight excluding hydrogens is 220 g/mol. The maximum atomic E-state index is 10.9. The molecule has 2 unspecified atom stereocenters. The van der Waals surface area contributed by atoms with E-state index in [1.165, 1.54) is 0 Å². The van der Waals surface area contributed by atoms with Gasteiger partial charge in [-0.1, -0.05) is 0 Å². The second-order valence-electron chi connectivity index (χ2n) is 4.60. The second-order valence-corrected chi connectivity index (χ2v) is 4.60. The van der Waals surface area contributed by atoms with Gasteiger partial charge in [-0.15, -0.1) is 0 Å². The number of aromatic carboxylic acids is 1. The zero-order valence-corrected chi connectivity index (χ0v) is 9.59. The fourth-order valence-electron chi connectivity index (χ4n) is 2.61. The third kappa shape index (κ3) is 1.67. The van der Waals surface area contributed by atoms with E-state index in [0.29, 0.717) is 17.8 Å². The zero-order valence-electron chi connectivity index (χ0n) is 9.59. The van der Waals surface area contributed by atoms with Crippen LogP contribution in [0.1, 0.15) is 22.5 Å². The molecule has 2 atom stereocenters. The molecule has 0 aromatic carbocycles. The van der Waals surface area contributed by atoms with Crippen molar-refractivity contribution < 1.29 is 14.6 Å². The van der Waals surface area contributed by atoms with E-state index in [2.05, 4.69) is 9.88 Å². The number of morpholine rings is 1. The standard InChI is InChI=1S/C12H14N2O3/c1-7-10(12(15)16)2-3-11(13-7)14-5-9-4-8(14)6-17-9/h2-3,8-9H,4-6H2,1H3,(H,15,16). The lowest BCUT2D eigenvalue weighted by Crippen LogP contribution is -2.37. The molecular formula is C12H14N2O3. The number of aryl methyl sites for hydroxylation is 1. The molecule has 3 rings (SSSR count). The molecule has 2 saturated heterocycles. The van der Waals surface area contributed by atoms with Gasteiger partial charge in [-0.2, -0.15) is 0 Å². The van der Waals surface area contributed by atoms with E-state index in [9.17, 15) is 4.79 Å². The van der Waals surface area contributed by atoms with Gasteiger partial charge in [0.05, 0.1) is 30.0 Å². The third-order valence-electron chi connectivity index (χ3n) is 3.50. The molecule has 0 amide bonds. The predicted octanol–water partition coefficient (Wildman–Crippen LogP) is 1.07. The van der Waals surface area contributed by atoms with Crippen LogP contribution in [0.2, 0.25) is 0 Å². The van der Waals surface area contributed by atoms with Crippen LogP contribution in [0.4, 0.5) is 5.82 Å². The van der Waals surface area contributed by atoms with Crippen LogP contribution < -0.4 is 4.90 Å². The number of hydrogen-bond donors (Lipinski definition) is 1. The van der Waals surface area contributed by atoms with Crippen LogP contribution in [-0.4, -0.2) is 41.4 Å². The molecule has 0 aliphatic carbocycles. The summed E-state index contributed by atoms with van der Waals surface area (Å²) < 4.78 is 5.53. The van der Waals surface area contributed by atoms with Gasteiger partial charge >= 0.3 is 5.97 Å². The van der Waals surface area contributed by atoms with Crippen molar-refractivity contribution in [3.8, 4) is 0 Å². The van der Waals surface area contributed by atoms with Crippen LogP contribution in [0, 0.1) is 6.92 Å². The van der Waals surface area contributed by atoms with Crippen LogP contribution in [0.5, 0.6) is 0 Å². The van der Waals surface area contributed by atoms with Gasteiger partial charge in [0.15, 0.2) is 0 Å². The van der Waals surface area contributed by atoms with Crippen LogP contribution in [-0.2, 0) is 4.74 Å². The zero-order chi connectivity index (χ0) is 12.0. The normalized spacial score (nSPS) is 26.5. The highest BCUT2D eigenvalue weighted by Crippen LogP contribution is 2.31. The van der Waals surface area contributed by atoms with Crippen molar-refractivity contribution in [3.63, 3.8) is 0 Å². The molecule has 1 aromatic heterocycles. The van der Waals surface area contributed by atoms with Crippen molar-refractivity contribution in [1.82, 2.24) is 4.98 Å². The number of nitrogens with zero attached hydrogens (tertiary/aromatic N) is 2. The molecule has 1 aromatic rings. The van der Waals surface area contributed by atoms with Crippen molar-refractivity contribution in [2.24, 2.45) is 0 Å². The maximum Gasteiger partial charge on any atom is 0.337 e. The number of rotatable bonds is 2. The minimum atomic E-state index is -0.923. The Morgan fingerprint density at radius 1 is 1.59 bits per heavy atom. The van der Waals surface area contributed by atoms with E-state index in [1.54, 1.807) is 19.1 Å². The van der Waals surface area contributed by atoms with Gasteiger partial charge in [0.2, 0.25) is 0 Å². The molecule has 1 N–H and O–H groups in total. The van der Waals surface area contributed by atoms with Crippen molar-refractivity contribution in [1.29, 1.82) is 0 Å². The Morgan fingerprint density at radius 3 is 2.94 bits per heavy atom. The number of carboxylic acid groups (broad SMARTS) is 1. The molecule has 2 bridgehead atoms. The first-order chi connectivity index (χ1) is 8.15. The summed E-state index contributed by atoms with van der Waals surface area (Å²) in [6.45, 7) is 3.35. The van der Waals surface area contributed by atoms with Crippen molar-refractivity contribution in [2.75, 3.05) is 18.1 Å². The van der Waals surface area contributed by atoms with Gasteiger partial charge in [0.25, 0.3) is 0 Å². The molecule has 5 heteroatoms. The number of carboxylic acids is 1. The molecule has 0 spiro atoms. The number of carbonyl (C=O) groups is 1. The van der Waals surface area contributed by atoms with E-state index in [0.717, 1.165) is 25.4 Å². The molecule has 5 nitrogen and oxygen atoms in total. The molecule has 3 heterocycles. The van der Waals surface area contributed by atoms with Gasteiger partial charge in [0.1, 0.15) is 5.82 Å². The van der Waals surface area contributed by atoms with Gasteiger partial charge in [-0.3, -0.25) is 0 Å². The first-order valence-corrected chi connectivity index (χ1v) is 5.74. The van der Waals surface area contributed by atoms with E-state index in [-0.39, 0.29) is 5.56 Å². The minimum absolute atomic E-state index is 0.273. The monoisotopic (exact) mass is 234 g/mol. The number of aromatic nitrogens is 1. The highest BCUT2D eigenvalue weighted by atomic mass is 16.5. The number of hydrogen-bond acceptors (Lipinski definition) is 4. The Kier molecular flexibility index (Phi) is 2.29. The topological polar surface area (TPSA) is 62.7 Å². The van der Waals surface area contributed by atoms with Gasteiger partial charge in [-0.05, 0) is 25.5 Å². The smallest absolute Gasteiger partial charge is 0.337 e. The van der Waals surface area contributed by atoms with Crippen LogP contribution in [0.15, 0.2) is 12.1 Å². The second kappa shape index (κ2) is 3.70. The van der Waals surface area contributed by atoms with Gasteiger partial charge < -0.3 is 14.7 Å². The Balaban J connectivity index is 1.89. The Hall–Kier alpha value is -1.62. The Morgan fingerprint density at radius 2 is 2.41 bits per heavy atom. The van der Waals surface area contributed by atoms with E-state index in [1.807, 2.05) is 0 Å². The first kappa shape index (κ1) is 10.5. The Labute approximate surface area is 99.0 Å². The van der Waals surface area contributed by atoms with Crippen LogP contribution in [0.3, 0.4) is 0 Å². The number of anilines is 1. The molecule has 17 heavy (non-hydrogen) atoms. The Bertz CT molecular complexity index is 475. The van der Waals surface area contributed by atoms with E-state index in [4.69, 9.17) is 9.84 Å². The fraction of sp³-hybridized carbons (Fsp3) is 0.500. The lowest BCUT2D eigenvalue weighted by Gasteiger charge is -2.28. The summed E-state index contributed by atoms with van der Waals surface area (Å²) in [6, 6.07) is 3.83. The lowest BCUT2D eigenvalue weighted by molar-refractivity contribution is 0.0695. The SMILES string of the molecule is Cc1nc(N2CC3CC2CO3)ccc1C(=O)O. The molecule has 2 aliphatic heterocycles. The molecule has 0 saturated carbocycles. The maximum absolute atomic E-state index is 10.9. The number of pyridine rings is 1. The first-order valence-electron chi connectivity index (χ1n) is 5.74. The molecule has 90 valence electrons. The molecule has 2 aliphatic rings. The lowest BCUT2D eigenvalue weighted by atomic mass is 10.2. The predicted molar refractivity (Wildman–Crippen MR) is 61.4 cm³/mol. The van der Waals surface area contributed by atoms with Crippen molar-refractivity contribution in [2.45, 2.75) is 25.5 Å². The van der Waals surface area contributed by atoms with Crippen molar-refractivity contribution in [3.05, 3.63) is 23.4 Å². The summed E-state index contributed by atoms with van der Waals surface area (Å²) in [7, 11) is 0. The van der Waals surface area contributed by atoms with Crippen LogP contribution >= 0.6 is 0 Å². The summed E-state index contributed by atoms with van der Waals surface area (Å²) in [5.74, 6) is -0.0591. The van der Waals surface area contributed by atoms with Gasteiger partial charge in [-0.25, -0.2) is 9.78 Å². The van der Waals surface area contributed by atoms with E-state index < -0.39 is 5.97 Å². The third-order valence-corrected chi connectivity index (χ3v) is 3.50. The van der Waals surface area contributed by atoms with Crippen LogP contribution in [0.25, 0.3) is 0 Å². The summed E-state index contributed by atoms with van der Waals surface area (Å²) >= 11 is 0. The average Bonchev–Trinajstić information content (AvgIpc) is 2.89. The molecule has 0 radical (unpaired) electrons. The quantitative estimate of drug-likeness (QED) is 0.829. The van der Waals surface area contributed by atoms with Crippen molar-refractivity contribution >= 4 is 11.8 Å². The molecule has 2 fully saturated rings. The summed E-state index contributed by atoms with van der Waals surface area (Å²) in [4.78, 5) is 17.5. The number of ether oxygens (including phenoxy) is 1. The van der Waals surface area contributed by atoms with Gasteiger partial charge in [0, 0.05) is 6.54 Å². The fourth-order valence-corrected chi connectivity index (χ4v) is 2.61. The minimum Gasteiger partial charge on any atom is -0.478 e. The highest BCUT2D eigenvalue weighted by Gasteiger charge is 2.39. The number of fused-ring (bicyclic) bond motifs is 2. The summed E-state index contributed by atoms with van der Waals surface area (Å²) in [6.07, 6.45) is 1.38. The largest absolute Gasteiger partial charge is 0.478 e.